The fourth-order valence-corrected chi connectivity index (χ4v) is 3.51. The topological polar surface area (TPSA) is 63.2 Å². The van der Waals surface area contributed by atoms with E-state index in [2.05, 4.69) is 10.5 Å². The third-order valence-electron chi connectivity index (χ3n) is 4.13. The van der Waals surface area contributed by atoms with Gasteiger partial charge in [0.1, 0.15) is 13.2 Å². The van der Waals surface area contributed by atoms with Crippen molar-refractivity contribution in [2.24, 2.45) is 5.16 Å². The Labute approximate surface area is 205 Å². The van der Waals surface area contributed by atoms with Crippen LogP contribution in [0.25, 0.3) is 0 Å². The molecular formula is C22H17Cl4N3O3. The lowest BCUT2D eigenvalue weighted by Crippen LogP contribution is -2.34. The van der Waals surface area contributed by atoms with Crippen molar-refractivity contribution in [2.75, 3.05) is 5.32 Å². The second-order valence-electron chi connectivity index (χ2n) is 6.29. The van der Waals surface area contributed by atoms with Crippen molar-refractivity contribution >= 4 is 64.5 Å². The Morgan fingerprint density at radius 2 is 1.34 bits per heavy atom. The lowest BCUT2D eigenvalue weighted by atomic mass is 10.2. The molecular weight excluding hydrogens is 496 g/mol. The van der Waals surface area contributed by atoms with Crippen LogP contribution in [0.15, 0.2) is 71.9 Å². The van der Waals surface area contributed by atoms with Crippen LogP contribution in [0.3, 0.4) is 0 Å². The third kappa shape index (κ3) is 6.76. The van der Waals surface area contributed by atoms with Gasteiger partial charge in [0.2, 0.25) is 0 Å². The summed E-state index contributed by atoms with van der Waals surface area (Å²) in [6, 6.07) is 18.4. The normalized spacial score (nSPS) is 10.9. The molecule has 0 aromatic heterocycles. The van der Waals surface area contributed by atoms with Gasteiger partial charge in [0, 0.05) is 36.9 Å². The van der Waals surface area contributed by atoms with Gasteiger partial charge in [-0.1, -0.05) is 81.9 Å². The van der Waals surface area contributed by atoms with E-state index in [1.807, 2.05) is 6.07 Å². The van der Waals surface area contributed by atoms with E-state index in [1.54, 1.807) is 60.7 Å². The minimum atomic E-state index is -0.609. The molecule has 0 saturated heterocycles. The molecule has 0 spiro atoms. The second-order valence-corrected chi connectivity index (χ2v) is 7.92. The number of urea groups is 1. The van der Waals surface area contributed by atoms with Crippen LogP contribution in [0.5, 0.6) is 0 Å². The number of halogens is 4. The van der Waals surface area contributed by atoms with Crippen LogP contribution < -0.4 is 5.32 Å². The van der Waals surface area contributed by atoms with E-state index in [-0.39, 0.29) is 13.2 Å². The summed E-state index contributed by atoms with van der Waals surface area (Å²) in [7, 11) is 0. The van der Waals surface area contributed by atoms with Gasteiger partial charge in [-0.05, 0) is 36.4 Å². The van der Waals surface area contributed by atoms with Crippen LogP contribution in [0.4, 0.5) is 10.5 Å². The summed E-state index contributed by atoms with van der Waals surface area (Å²) in [6.45, 7) is -0.0808. The van der Waals surface area contributed by atoms with Gasteiger partial charge >= 0.3 is 6.03 Å². The molecule has 32 heavy (non-hydrogen) atoms. The Morgan fingerprint density at radius 1 is 0.812 bits per heavy atom. The van der Waals surface area contributed by atoms with Gasteiger partial charge in [-0.3, -0.25) is 4.84 Å². The van der Waals surface area contributed by atoms with Crippen molar-refractivity contribution in [1.29, 1.82) is 0 Å². The number of nitrogens with zero attached hydrogens (tertiary/aromatic N) is 2. The first kappa shape index (κ1) is 24.2. The Bertz CT molecular complexity index is 1060. The van der Waals surface area contributed by atoms with E-state index in [1.165, 1.54) is 0 Å². The van der Waals surface area contributed by atoms with Crippen LogP contribution >= 0.6 is 46.4 Å². The maximum absolute atomic E-state index is 12.7. The van der Waals surface area contributed by atoms with Crippen molar-refractivity contribution in [3.05, 3.63) is 97.9 Å². The lowest BCUT2D eigenvalue weighted by Gasteiger charge is -2.18. The summed E-state index contributed by atoms with van der Waals surface area (Å²) < 4.78 is 0. The smallest absolute Gasteiger partial charge is 0.351 e. The van der Waals surface area contributed by atoms with E-state index in [9.17, 15) is 4.79 Å². The monoisotopic (exact) mass is 511 g/mol. The summed E-state index contributed by atoms with van der Waals surface area (Å²) in [5, 5.41) is 9.06. The zero-order valence-electron chi connectivity index (χ0n) is 16.5. The highest BCUT2D eigenvalue weighted by molar-refractivity contribution is 6.36. The summed E-state index contributed by atoms with van der Waals surface area (Å²) in [5.74, 6) is 0. The molecule has 1 N–H and O–H groups in total. The summed E-state index contributed by atoms with van der Waals surface area (Å²) in [4.78, 5) is 23.6. The van der Waals surface area contributed by atoms with Gasteiger partial charge in [0.15, 0.2) is 6.34 Å². The number of para-hydroxylation sites is 1. The minimum absolute atomic E-state index is 0.000503. The number of benzene rings is 3. The average Bonchev–Trinajstić information content (AvgIpc) is 2.77. The molecule has 6 nitrogen and oxygen atoms in total. The Hall–Kier alpha value is -2.48. The summed E-state index contributed by atoms with van der Waals surface area (Å²) in [6.07, 6.45) is 1.08. The number of oxime groups is 1. The molecule has 0 aliphatic heterocycles. The van der Waals surface area contributed by atoms with Crippen molar-refractivity contribution in [3.8, 4) is 0 Å². The fourth-order valence-electron chi connectivity index (χ4n) is 2.50. The van der Waals surface area contributed by atoms with Crippen LogP contribution in [0, 0.1) is 0 Å². The standard InChI is InChI=1S/C22H17Cl4N3O3/c23-18-8-4-9-19(24)16(18)12-31-27-14-29(22(30)28-15-6-2-1-3-7-15)32-13-17-20(25)10-5-11-21(17)26/h1-11,14H,12-13H2,(H,28,30)/b27-14-. The number of rotatable bonds is 8. The molecule has 2 amide bonds. The molecule has 0 heterocycles. The summed E-state index contributed by atoms with van der Waals surface area (Å²) >= 11 is 24.6. The van der Waals surface area contributed by atoms with Crippen LogP contribution in [-0.4, -0.2) is 17.4 Å². The van der Waals surface area contributed by atoms with Gasteiger partial charge in [-0.15, -0.1) is 0 Å². The third-order valence-corrected chi connectivity index (χ3v) is 5.55. The van der Waals surface area contributed by atoms with Crippen molar-refractivity contribution < 1.29 is 14.5 Å². The molecule has 10 heteroatoms. The lowest BCUT2D eigenvalue weighted by molar-refractivity contribution is -0.0676. The van der Waals surface area contributed by atoms with Crippen molar-refractivity contribution in [2.45, 2.75) is 13.2 Å². The molecule has 0 aliphatic rings. The SMILES string of the molecule is O=C(Nc1ccccc1)N(/C=N\OCc1c(Cl)cccc1Cl)OCc1c(Cl)cccc1Cl. The maximum Gasteiger partial charge on any atom is 0.351 e. The molecule has 0 aliphatic carbocycles. The number of anilines is 1. The predicted molar refractivity (Wildman–Crippen MR) is 128 cm³/mol. The van der Waals surface area contributed by atoms with E-state index in [0.717, 1.165) is 11.4 Å². The van der Waals surface area contributed by atoms with Gasteiger partial charge in [0.25, 0.3) is 0 Å². The number of hydrogen-bond acceptors (Lipinski definition) is 4. The molecule has 166 valence electrons. The first-order valence-corrected chi connectivity index (χ1v) is 10.8. The predicted octanol–water partition coefficient (Wildman–Crippen LogP) is 7.43. The van der Waals surface area contributed by atoms with E-state index in [0.29, 0.717) is 36.9 Å². The first-order valence-electron chi connectivity index (χ1n) is 9.25. The molecule has 0 saturated carbocycles. The van der Waals surface area contributed by atoms with Crippen molar-refractivity contribution in [1.82, 2.24) is 5.06 Å². The zero-order valence-corrected chi connectivity index (χ0v) is 19.5. The number of hydrogen-bond donors (Lipinski definition) is 1. The quantitative estimate of drug-likeness (QED) is 0.194. The van der Waals surface area contributed by atoms with Crippen LogP contribution in [0.1, 0.15) is 11.1 Å². The zero-order chi connectivity index (χ0) is 22.9. The molecule has 3 aromatic rings. The number of amides is 2. The Kier molecular flexibility index (Phi) is 9.02. The fraction of sp³-hybridized carbons (Fsp3) is 0.0909. The molecule has 0 radical (unpaired) electrons. The number of carbonyl (C=O) groups excluding carboxylic acids is 1. The van der Waals surface area contributed by atoms with E-state index < -0.39 is 6.03 Å². The van der Waals surface area contributed by atoms with Gasteiger partial charge in [-0.25, -0.2) is 4.79 Å². The van der Waals surface area contributed by atoms with E-state index in [4.69, 9.17) is 56.1 Å². The first-order chi connectivity index (χ1) is 15.5. The van der Waals surface area contributed by atoms with Crippen LogP contribution in [0.2, 0.25) is 20.1 Å². The highest BCUT2D eigenvalue weighted by Gasteiger charge is 2.16. The van der Waals surface area contributed by atoms with Crippen LogP contribution in [-0.2, 0) is 22.9 Å². The number of nitrogens with one attached hydrogen (secondary N) is 1. The maximum atomic E-state index is 12.7. The Balaban J connectivity index is 1.70. The molecule has 3 rings (SSSR count). The molecule has 0 fully saturated rings. The van der Waals surface area contributed by atoms with Gasteiger partial charge in [-0.2, -0.15) is 5.06 Å². The van der Waals surface area contributed by atoms with Gasteiger partial charge in [0.05, 0.1) is 0 Å². The van der Waals surface area contributed by atoms with Crippen molar-refractivity contribution in [3.63, 3.8) is 0 Å². The Morgan fingerprint density at radius 3 is 1.91 bits per heavy atom. The highest BCUT2D eigenvalue weighted by Crippen LogP contribution is 2.26. The number of carbonyl (C=O) groups is 1. The van der Waals surface area contributed by atoms with E-state index >= 15 is 0 Å². The second kappa shape index (κ2) is 11.9. The molecule has 0 atom stereocenters. The average molecular weight is 513 g/mol. The highest BCUT2D eigenvalue weighted by atomic mass is 35.5. The summed E-state index contributed by atoms with van der Waals surface area (Å²) in [5.41, 5.74) is 1.65. The molecule has 0 unspecified atom stereocenters. The minimum Gasteiger partial charge on any atom is -0.390 e. The number of hydroxylamine groups is 2. The largest absolute Gasteiger partial charge is 0.390 e. The molecule has 3 aromatic carbocycles. The molecule has 0 bridgehead atoms. The van der Waals surface area contributed by atoms with Gasteiger partial charge < -0.3 is 10.2 Å².